The molecule has 0 aliphatic carbocycles. The number of nitrogens with zero attached hydrogens (tertiary/aromatic N) is 2. The number of rotatable bonds is 1. The minimum absolute atomic E-state index is 0.234. The Labute approximate surface area is 98.9 Å². The summed E-state index contributed by atoms with van der Waals surface area (Å²) in [5, 5.41) is 4.16. The van der Waals surface area contributed by atoms with E-state index in [-0.39, 0.29) is 11.1 Å². The van der Waals surface area contributed by atoms with Gasteiger partial charge in [-0.05, 0) is 45.0 Å². The van der Waals surface area contributed by atoms with E-state index < -0.39 is 11.6 Å². The molecule has 90 valence electrons. The molecule has 0 saturated carbocycles. The molecular weight excluding hydrogens is 222 g/mol. The van der Waals surface area contributed by atoms with Crippen molar-refractivity contribution in [2.24, 2.45) is 0 Å². The van der Waals surface area contributed by atoms with Crippen molar-refractivity contribution in [1.29, 1.82) is 0 Å². The lowest BCUT2D eigenvalue weighted by molar-refractivity contribution is 0.359. The topological polar surface area (TPSA) is 17.8 Å². The van der Waals surface area contributed by atoms with Crippen LogP contribution in [0.4, 0.5) is 8.78 Å². The Morgan fingerprint density at radius 2 is 1.82 bits per heavy atom. The minimum Gasteiger partial charge on any atom is -0.260 e. The van der Waals surface area contributed by atoms with E-state index in [2.05, 4.69) is 5.10 Å². The van der Waals surface area contributed by atoms with E-state index in [1.165, 1.54) is 6.07 Å². The SMILES string of the molecule is CC(C)(C)n1nccc1-c1cc(F)ccc1F. The molecule has 0 aliphatic heterocycles. The van der Waals surface area contributed by atoms with Crippen molar-refractivity contribution in [2.45, 2.75) is 26.3 Å². The maximum absolute atomic E-state index is 13.7. The lowest BCUT2D eigenvalue weighted by Crippen LogP contribution is -2.24. The molecule has 0 atom stereocenters. The highest BCUT2D eigenvalue weighted by atomic mass is 19.1. The third kappa shape index (κ3) is 2.20. The summed E-state index contributed by atoms with van der Waals surface area (Å²) >= 11 is 0. The van der Waals surface area contributed by atoms with Gasteiger partial charge in [-0.3, -0.25) is 4.68 Å². The first kappa shape index (κ1) is 11.8. The van der Waals surface area contributed by atoms with Crippen LogP contribution < -0.4 is 0 Å². The monoisotopic (exact) mass is 236 g/mol. The summed E-state index contributed by atoms with van der Waals surface area (Å²) in [5.74, 6) is -0.902. The second kappa shape index (κ2) is 3.95. The molecule has 2 nitrogen and oxygen atoms in total. The molecule has 0 amide bonds. The largest absolute Gasteiger partial charge is 0.260 e. The first-order valence-corrected chi connectivity index (χ1v) is 5.39. The van der Waals surface area contributed by atoms with E-state index in [4.69, 9.17) is 0 Å². The van der Waals surface area contributed by atoms with Crippen molar-refractivity contribution in [3.63, 3.8) is 0 Å². The van der Waals surface area contributed by atoms with Gasteiger partial charge in [0.15, 0.2) is 0 Å². The van der Waals surface area contributed by atoms with Crippen LogP contribution in [0.2, 0.25) is 0 Å². The van der Waals surface area contributed by atoms with Crippen LogP contribution in [0.25, 0.3) is 11.3 Å². The molecule has 1 heterocycles. The molecule has 0 spiro atoms. The standard InChI is InChI=1S/C13H14F2N2/c1-13(2,3)17-12(6-7-16-17)10-8-9(14)4-5-11(10)15/h4-8H,1-3H3. The molecule has 0 radical (unpaired) electrons. The van der Waals surface area contributed by atoms with Gasteiger partial charge < -0.3 is 0 Å². The molecule has 4 heteroatoms. The molecule has 2 rings (SSSR count). The molecule has 1 aromatic heterocycles. The molecule has 0 saturated heterocycles. The van der Waals surface area contributed by atoms with Crippen LogP contribution in [0, 0.1) is 11.6 Å². The molecule has 17 heavy (non-hydrogen) atoms. The van der Waals surface area contributed by atoms with Crippen molar-refractivity contribution in [1.82, 2.24) is 9.78 Å². The van der Waals surface area contributed by atoms with E-state index in [0.29, 0.717) is 5.69 Å². The Bertz CT molecular complexity index is 539. The van der Waals surface area contributed by atoms with Gasteiger partial charge in [0.25, 0.3) is 0 Å². The van der Waals surface area contributed by atoms with Gasteiger partial charge in [-0.1, -0.05) is 0 Å². The molecule has 0 fully saturated rings. The van der Waals surface area contributed by atoms with E-state index in [1.54, 1.807) is 16.9 Å². The van der Waals surface area contributed by atoms with Gasteiger partial charge in [0.1, 0.15) is 11.6 Å². The summed E-state index contributed by atoms with van der Waals surface area (Å²) in [5.41, 5.74) is 0.532. The molecule has 0 N–H and O–H groups in total. The maximum Gasteiger partial charge on any atom is 0.132 e. The van der Waals surface area contributed by atoms with Gasteiger partial charge >= 0.3 is 0 Å². The van der Waals surface area contributed by atoms with Crippen molar-refractivity contribution in [3.8, 4) is 11.3 Å². The fraction of sp³-hybridized carbons (Fsp3) is 0.308. The third-order valence-electron chi connectivity index (χ3n) is 2.48. The Balaban J connectivity index is 2.61. The number of aromatic nitrogens is 2. The third-order valence-corrected chi connectivity index (χ3v) is 2.48. The van der Waals surface area contributed by atoms with Gasteiger partial charge in [-0.25, -0.2) is 8.78 Å². The fourth-order valence-corrected chi connectivity index (χ4v) is 1.74. The van der Waals surface area contributed by atoms with Crippen LogP contribution in [0.5, 0.6) is 0 Å². The summed E-state index contributed by atoms with van der Waals surface area (Å²) in [6, 6.07) is 5.11. The normalized spacial score (nSPS) is 11.8. The van der Waals surface area contributed by atoms with Crippen LogP contribution in [0.3, 0.4) is 0 Å². The number of halogens is 2. The summed E-state index contributed by atoms with van der Waals surface area (Å²) in [7, 11) is 0. The predicted molar refractivity (Wildman–Crippen MR) is 62.6 cm³/mol. The molecule has 0 unspecified atom stereocenters. The van der Waals surface area contributed by atoms with Gasteiger partial charge in [-0.2, -0.15) is 5.10 Å². The molecular formula is C13H14F2N2. The van der Waals surface area contributed by atoms with E-state index in [9.17, 15) is 8.78 Å². The van der Waals surface area contributed by atoms with Crippen LogP contribution in [0.15, 0.2) is 30.5 Å². The van der Waals surface area contributed by atoms with Crippen molar-refractivity contribution in [2.75, 3.05) is 0 Å². The Hall–Kier alpha value is -1.71. The number of hydrogen-bond acceptors (Lipinski definition) is 1. The first-order chi connectivity index (χ1) is 7.89. The van der Waals surface area contributed by atoms with Gasteiger partial charge in [0.05, 0.1) is 11.2 Å². The van der Waals surface area contributed by atoms with Gasteiger partial charge in [0, 0.05) is 11.8 Å². The Kier molecular flexibility index (Phi) is 2.73. The summed E-state index contributed by atoms with van der Waals surface area (Å²) < 4.78 is 28.5. The quantitative estimate of drug-likeness (QED) is 0.740. The van der Waals surface area contributed by atoms with Crippen LogP contribution >= 0.6 is 0 Å². The molecule has 1 aromatic carbocycles. The Morgan fingerprint density at radius 3 is 2.47 bits per heavy atom. The highest BCUT2D eigenvalue weighted by Crippen LogP contribution is 2.27. The van der Waals surface area contributed by atoms with Crippen molar-refractivity contribution in [3.05, 3.63) is 42.1 Å². The van der Waals surface area contributed by atoms with E-state index >= 15 is 0 Å². The number of benzene rings is 1. The van der Waals surface area contributed by atoms with Crippen LogP contribution in [-0.2, 0) is 5.54 Å². The molecule has 0 bridgehead atoms. The predicted octanol–water partition coefficient (Wildman–Crippen LogP) is 3.58. The molecule has 2 aromatic rings. The Morgan fingerprint density at radius 1 is 1.12 bits per heavy atom. The zero-order valence-electron chi connectivity index (χ0n) is 10.0. The lowest BCUT2D eigenvalue weighted by atomic mass is 10.1. The fourth-order valence-electron chi connectivity index (χ4n) is 1.74. The highest BCUT2D eigenvalue weighted by molar-refractivity contribution is 5.60. The minimum atomic E-state index is -0.456. The molecule has 0 aliphatic rings. The highest BCUT2D eigenvalue weighted by Gasteiger charge is 2.20. The maximum atomic E-state index is 13.7. The zero-order valence-corrected chi connectivity index (χ0v) is 10.0. The van der Waals surface area contributed by atoms with Crippen molar-refractivity contribution >= 4 is 0 Å². The van der Waals surface area contributed by atoms with Crippen LogP contribution in [0.1, 0.15) is 20.8 Å². The van der Waals surface area contributed by atoms with Gasteiger partial charge in [0.2, 0.25) is 0 Å². The average molecular weight is 236 g/mol. The summed E-state index contributed by atoms with van der Waals surface area (Å²) in [6.45, 7) is 5.88. The smallest absolute Gasteiger partial charge is 0.132 e. The lowest BCUT2D eigenvalue weighted by Gasteiger charge is -2.22. The number of hydrogen-bond donors (Lipinski definition) is 0. The second-order valence-electron chi connectivity index (χ2n) is 4.92. The van der Waals surface area contributed by atoms with Crippen molar-refractivity contribution < 1.29 is 8.78 Å². The van der Waals surface area contributed by atoms with E-state index in [0.717, 1.165) is 12.1 Å². The van der Waals surface area contributed by atoms with E-state index in [1.807, 2.05) is 20.8 Å². The zero-order chi connectivity index (χ0) is 12.6. The summed E-state index contributed by atoms with van der Waals surface area (Å²) in [6.07, 6.45) is 1.59. The summed E-state index contributed by atoms with van der Waals surface area (Å²) in [4.78, 5) is 0. The van der Waals surface area contributed by atoms with Gasteiger partial charge in [-0.15, -0.1) is 0 Å². The first-order valence-electron chi connectivity index (χ1n) is 5.39. The second-order valence-corrected chi connectivity index (χ2v) is 4.92. The van der Waals surface area contributed by atoms with Crippen LogP contribution in [-0.4, -0.2) is 9.78 Å². The average Bonchev–Trinajstić information content (AvgIpc) is 2.69.